The van der Waals surface area contributed by atoms with Gasteiger partial charge in [0, 0.05) is 29.2 Å². The molecule has 3 N–H and O–H groups in total. The molecule has 3 aromatic carbocycles. The number of rotatable bonds is 7. The molecule has 1 aromatic heterocycles. The number of hydrogen-bond acceptors (Lipinski definition) is 9. The second-order valence-electron chi connectivity index (χ2n) is 7.98. The van der Waals surface area contributed by atoms with Gasteiger partial charge in [-0.05, 0) is 17.7 Å². The van der Waals surface area contributed by atoms with E-state index in [9.17, 15) is 24.9 Å². The summed E-state index contributed by atoms with van der Waals surface area (Å²) in [7, 11) is 4.13. The van der Waals surface area contributed by atoms with Crippen molar-refractivity contribution < 1.29 is 38.7 Å². The van der Waals surface area contributed by atoms with Crippen LogP contribution in [0.4, 0.5) is 0 Å². The molecule has 0 saturated heterocycles. The third-order valence-electron chi connectivity index (χ3n) is 5.91. The van der Waals surface area contributed by atoms with Crippen LogP contribution in [0.2, 0.25) is 0 Å². The standard InChI is InChI=1S/C27H24O9/c1-33-16-9-15(10-17(11-16)34-2)18(12-21(29)35-3)22-24(30)26(32)25(31)23-19(28)13-20(36-27(22)23)14-7-5-4-6-8-14/h4-11,13,18,30-32H,12H2,1-3H3/t18-/m1/s1. The number of esters is 1. The SMILES string of the molecule is COC(=O)C[C@H](c1cc(OC)cc(OC)c1)c1c(O)c(O)c(O)c2c(=O)cc(-c3ccccc3)oc12. The van der Waals surface area contributed by atoms with Crippen LogP contribution in [0.3, 0.4) is 0 Å². The van der Waals surface area contributed by atoms with Gasteiger partial charge in [-0.2, -0.15) is 0 Å². The third-order valence-corrected chi connectivity index (χ3v) is 5.91. The largest absolute Gasteiger partial charge is 0.504 e. The quantitative estimate of drug-likeness (QED) is 0.255. The second-order valence-corrected chi connectivity index (χ2v) is 7.98. The van der Waals surface area contributed by atoms with E-state index < -0.39 is 34.6 Å². The van der Waals surface area contributed by atoms with E-state index in [1.807, 2.05) is 0 Å². The second kappa shape index (κ2) is 9.91. The highest BCUT2D eigenvalue weighted by molar-refractivity contribution is 5.93. The predicted molar refractivity (Wildman–Crippen MR) is 131 cm³/mol. The lowest BCUT2D eigenvalue weighted by molar-refractivity contribution is -0.140. The van der Waals surface area contributed by atoms with E-state index in [0.29, 0.717) is 22.6 Å². The molecule has 0 saturated carbocycles. The lowest BCUT2D eigenvalue weighted by Gasteiger charge is -2.22. The van der Waals surface area contributed by atoms with Gasteiger partial charge in [-0.25, -0.2) is 0 Å². The highest BCUT2D eigenvalue weighted by Crippen LogP contribution is 2.50. The molecule has 0 aliphatic heterocycles. The van der Waals surface area contributed by atoms with E-state index in [-0.39, 0.29) is 28.7 Å². The van der Waals surface area contributed by atoms with Gasteiger partial charge in [-0.3, -0.25) is 9.59 Å². The minimum Gasteiger partial charge on any atom is -0.504 e. The molecule has 9 heteroatoms. The molecule has 0 radical (unpaired) electrons. The Balaban J connectivity index is 2.10. The molecule has 0 fully saturated rings. The van der Waals surface area contributed by atoms with Crippen LogP contribution in [0.25, 0.3) is 22.3 Å². The molecule has 1 heterocycles. The maximum absolute atomic E-state index is 13.1. The number of hydrogen-bond donors (Lipinski definition) is 3. The summed E-state index contributed by atoms with van der Waals surface area (Å²) in [6.45, 7) is 0. The molecule has 0 bridgehead atoms. The van der Waals surface area contributed by atoms with Crippen LogP contribution < -0.4 is 14.9 Å². The fraction of sp³-hybridized carbons (Fsp3) is 0.185. The van der Waals surface area contributed by atoms with Crippen molar-refractivity contribution in [3.63, 3.8) is 0 Å². The Morgan fingerprint density at radius 3 is 2.11 bits per heavy atom. The Morgan fingerprint density at radius 1 is 0.889 bits per heavy atom. The number of benzene rings is 3. The Hall–Kier alpha value is -4.66. The summed E-state index contributed by atoms with van der Waals surface area (Å²) in [6, 6.07) is 14.8. The number of ether oxygens (including phenoxy) is 3. The number of aromatic hydroxyl groups is 3. The first kappa shape index (κ1) is 24.5. The van der Waals surface area contributed by atoms with Gasteiger partial charge >= 0.3 is 5.97 Å². The van der Waals surface area contributed by atoms with Crippen molar-refractivity contribution >= 4 is 16.9 Å². The van der Waals surface area contributed by atoms with Crippen molar-refractivity contribution in [1.29, 1.82) is 0 Å². The van der Waals surface area contributed by atoms with Crippen molar-refractivity contribution in [2.24, 2.45) is 0 Å². The number of carbonyl (C=O) groups is 1. The van der Waals surface area contributed by atoms with Crippen LogP contribution in [0.15, 0.2) is 63.8 Å². The Morgan fingerprint density at radius 2 is 1.53 bits per heavy atom. The van der Waals surface area contributed by atoms with Crippen molar-refractivity contribution in [1.82, 2.24) is 0 Å². The molecule has 9 nitrogen and oxygen atoms in total. The summed E-state index contributed by atoms with van der Waals surface area (Å²) in [6.07, 6.45) is -0.307. The summed E-state index contributed by atoms with van der Waals surface area (Å²) < 4.78 is 21.6. The van der Waals surface area contributed by atoms with Crippen molar-refractivity contribution in [3.8, 4) is 40.1 Å². The maximum atomic E-state index is 13.1. The minimum absolute atomic E-state index is 0.0871. The van der Waals surface area contributed by atoms with Gasteiger partial charge < -0.3 is 33.9 Å². The van der Waals surface area contributed by atoms with Crippen LogP contribution in [0.5, 0.6) is 28.7 Å². The zero-order valence-electron chi connectivity index (χ0n) is 19.8. The maximum Gasteiger partial charge on any atom is 0.306 e. The molecule has 0 aliphatic carbocycles. The van der Waals surface area contributed by atoms with Crippen molar-refractivity contribution in [2.45, 2.75) is 12.3 Å². The van der Waals surface area contributed by atoms with Crippen molar-refractivity contribution in [3.05, 3.63) is 75.9 Å². The fourth-order valence-electron chi connectivity index (χ4n) is 4.11. The van der Waals surface area contributed by atoms with Crippen LogP contribution in [0, 0.1) is 0 Å². The summed E-state index contributed by atoms with van der Waals surface area (Å²) in [5.74, 6) is -3.16. The van der Waals surface area contributed by atoms with E-state index in [2.05, 4.69) is 0 Å². The molecule has 0 unspecified atom stereocenters. The first-order chi connectivity index (χ1) is 17.3. The van der Waals surface area contributed by atoms with Crippen LogP contribution >= 0.6 is 0 Å². The van der Waals surface area contributed by atoms with Crippen LogP contribution in [0.1, 0.15) is 23.5 Å². The van der Waals surface area contributed by atoms with Gasteiger partial charge in [0.1, 0.15) is 28.2 Å². The lowest BCUT2D eigenvalue weighted by Crippen LogP contribution is -2.13. The number of carbonyl (C=O) groups excluding carboxylic acids is 1. The molecule has 4 rings (SSSR count). The minimum atomic E-state index is -0.996. The first-order valence-corrected chi connectivity index (χ1v) is 10.9. The fourth-order valence-corrected chi connectivity index (χ4v) is 4.11. The Bertz CT molecular complexity index is 1470. The molecular weight excluding hydrogens is 468 g/mol. The zero-order chi connectivity index (χ0) is 26.0. The van der Waals surface area contributed by atoms with Crippen molar-refractivity contribution in [2.75, 3.05) is 21.3 Å². The lowest BCUT2D eigenvalue weighted by atomic mass is 9.85. The van der Waals surface area contributed by atoms with Crippen LogP contribution in [-0.4, -0.2) is 42.6 Å². The number of phenols is 3. The normalized spacial score (nSPS) is 11.8. The van der Waals surface area contributed by atoms with Crippen LogP contribution in [-0.2, 0) is 9.53 Å². The zero-order valence-corrected chi connectivity index (χ0v) is 19.8. The van der Waals surface area contributed by atoms with E-state index in [0.717, 1.165) is 0 Å². The predicted octanol–water partition coefficient (Wildman–Crippen LogP) is 4.29. The van der Waals surface area contributed by atoms with Gasteiger partial charge in [0.25, 0.3) is 0 Å². The first-order valence-electron chi connectivity index (χ1n) is 10.9. The molecule has 0 aliphatic rings. The number of phenolic OH excluding ortho intramolecular Hbond substituents is 3. The highest BCUT2D eigenvalue weighted by Gasteiger charge is 2.31. The van der Waals surface area contributed by atoms with Gasteiger partial charge in [-0.15, -0.1) is 0 Å². The van der Waals surface area contributed by atoms with E-state index in [4.69, 9.17) is 18.6 Å². The Labute approximate surface area is 205 Å². The molecule has 186 valence electrons. The Kier molecular flexibility index (Phi) is 6.73. The molecule has 36 heavy (non-hydrogen) atoms. The average Bonchev–Trinajstić information content (AvgIpc) is 2.90. The summed E-state index contributed by atoms with van der Waals surface area (Å²) >= 11 is 0. The van der Waals surface area contributed by atoms with Gasteiger partial charge in [0.15, 0.2) is 16.9 Å². The smallest absolute Gasteiger partial charge is 0.306 e. The summed E-state index contributed by atoms with van der Waals surface area (Å²) in [4.78, 5) is 25.6. The van der Waals surface area contributed by atoms with Gasteiger partial charge in [0.2, 0.25) is 5.75 Å². The topological polar surface area (TPSA) is 136 Å². The molecule has 1 atom stereocenters. The number of fused-ring (bicyclic) bond motifs is 1. The summed E-state index contributed by atoms with van der Waals surface area (Å²) in [5.41, 5.74) is 0.0815. The van der Waals surface area contributed by atoms with E-state index in [1.54, 1.807) is 48.5 Å². The molecule has 4 aromatic rings. The molecule has 0 amide bonds. The molecular formula is C27H24O9. The van der Waals surface area contributed by atoms with E-state index >= 15 is 0 Å². The third kappa shape index (κ3) is 4.38. The monoisotopic (exact) mass is 492 g/mol. The number of methoxy groups -OCH3 is 3. The van der Waals surface area contributed by atoms with E-state index in [1.165, 1.54) is 27.4 Å². The average molecular weight is 492 g/mol. The van der Waals surface area contributed by atoms with Gasteiger partial charge in [-0.1, -0.05) is 30.3 Å². The summed E-state index contributed by atoms with van der Waals surface area (Å²) in [5, 5.41) is 31.8. The highest BCUT2D eigenvalue weighted by atomic mass is 16.5. The molecule has 0 spiro atoms. The van der Waals surface area contributed by atoms with Gasteiger partial charge in [0.05, 0.1) is 27.8 Å².